The van der Waals surface area contributed by atoms with Crippen molar-refractivity contribution in [2.24, 2.45) is 0 Å². The van der Waals surface area contributed by atoms with Crippen LogP contribution in [0.4, 0.5) is 0 Å². The third-order valence-corrected chi connectivity index (χ3v) is 3.71. The Hall–Kier alpha value is -2.36. The molecule has 21 heavy (non-hydrogen) atoms. The Morgan fingerprint density at radius 2 is 1.19 bits per heavy atom. The maximum absolute atomic E-state index is 5.71. The molecule has 4 nitrogen and oxygen atoms in total. The molecule has 0 atom stereocenters. The van der Waals surface area contributed by atoms with Gasteiger partial charge >= 0.3 is 0 Å². The minimum Gasteiger partial charge on any atom is -0.496 e. The van der Waals surface area contributed by atoms with Gasteiger partial charge in [0.2, 0.25) is 6.79 Å². The lowest BCUT2D eigenvalue weighted by Crippen LogP contribution is -2.03. The van der Waals surface area contributed by atoms with Crippen LogP contribution >= 0.6 is 0 Å². The molecule has 3 rings (SSSR count). The molecule has 0 N–H and O–H groups in total. The van der Waals surface area contributed by atoms with Crippen molar-refractivity contribution < 1.29 is 18.9 Å². The van der Waals surface area contributed by atoms with Crippen molar-refractivity contribution in [3.05, 3.63) is 35.4 Å². The zero-order valence-corrected chi connectivity index (χ0v) is 12.6. The SMILES string of the molecule is COc1cc2c(cc1C)OCOc1cc(C)c(OC)cc1-2. The van der Waals surface area contributed by atoms with Crippen molar-refractivity contribution in [3.63, 3.8) is 0 Å². The second-order valence-corrected chi connectivity index (χ2v) is 5.04. The molecule has 0 aromatic heterocycles. The lowest BCUT2D eigenvalue weighted by molar-refractivity contribution is 0.124. The van der Waals surface area contributed by atoms with E-state index < -0.39 is 0 Å². The first kappa shape index (κ1) is 13.6. The molecule has 0 unspecified atom stereocenters. The number of hydrogen-bond donors (Lipinski definition) is 0. The summed E-state index contributed by atoms with van der Waals surface area (Å²) in [6.45, 7) is 4.17. The quantitative estimate of drug-likeness (QED) is 0.843. The first-order valence-corrected chi connectivity index (χ1v) is 6.77. The third-order valence-electron chi connectivity index (χ3n) is 3.71. The molecule has 2 aromatic rings. The van der Waals surface area contributed by atoms with Crippen molar-refractivity contribution in [2.45, 2.75) is 13.8 Å². The van der Waals surface area contributed by atoms with Crippen LogP contribution in [0.15, 0.2) is 24.3 Å². The summed E-state index contributed by atoms with van der Waals surface area (Å²) in [5.41, 5.74) is 3.95. The highest BCUT2D eigenvalue weighted by Crippen LogP contribution is 2.44. The molecule has 0 saturated heterocycles. The van der Waals surface area contributed by atoms with Gasteiger partial charge in [0.1, 0.15) is 23.0 Å². The molecule has 0 amide bonds. The molecule has 0 saturated carbocycles. The summed E-state index contributed by atoms with van der Waals surface area (Å²) in [5.74, 6) is 3.23. The molecule has 1 heterocycles. The second-order valence-electron chi connectivity index (χ2n) is 5.04. The molecule has 0 radical (unpaired) electrons. The van der Waals surface area contributed by atoms with Crippen LogP contribution < -0.4 is 18.9 Å². The highest BCUT2D eigenvalue weighted by Gasteiger charge is 2.20. The van der Waals surface area contributed by atoms with Gasteiger partial charge in [0.25, 0.3) is 0 Å². The van der Waals surface area contributed by atoms with E-state index in [0.29, 0.717) is 0 Å². The average Bonchev–Trinajstić information content (AvgIpc) is 2.64. The molecule has 0 fully saturated rings. The van der Waals surface area contributed by atoms with Crippen LogP contribution in [0.5, 0.6) is 23.0 Å². The number of fused-ring (bicyclic) bond motifs is 3. The van der Waals surface area contributed by atoms with Crippen LogP contribution in [0.3, 0.4) is 0 Å². The second kappa shape index (κ2) is 5.20. The minimum absolute atomic E-state index is 0.192. The standard InChI is InChI=1S/C17H18O4/c1-10-5-16-12(7-14(10)18-3)13-8-15(19-4)11(2)6-17(13)21-9-20-16/h5-8H,9H2,1-4H3. The Morgan fingerprint density at radius 1 is 0.762 bits per heavy atom. The van der Waals surface area contributed by atoms with E-state index in [1.807, 2.05) is 38.1 Å². The Kier molecular flexibility index (Phi) is 3.37. The molecular formula is C17H18O4. The van der Waals surface area contributed by atoms with Crippen molar-refractivity contribution >= 4 is 0 Å². The van der Waals surface area contributed by atoms with Crippen molar-refractivity contribution in [1.82, 2.24) is 0 Å². The molecule has 1 aliphatic heterocycles. The largest absolute Gasteiger partial charge is 0.496 e. The normalized spacial score (nSPS) is 12.4. The van der Waals surface area contributed by atoms with E-state index >= 15 is 0 Å². The van der Waals surface area contributed by atoms with Crippen LogP contribution in [0.1, 0.15) is 11.1 Å². The van der Waals surface area contributed by atoms with Gasteiger partial charge in [0.15, 0.2) is 0 Å². The summed E-state index contributed by atoms with van der Waals surface area (Å²) < 4.78 is 22.3. The summed E-state index contributed by atoms with van der Waals surface area (Å²) in [7, 11) is 3.33. The van der Waals surface area contributed by atoms with E-state index in [4.69, 9.17) is 18.9 Å². The fourth-order valence-electron chi connectivity index (χ4n) is 2.58. The van der Waals surface area contributed by atoms with E-state index in [2.05, 4.69) is 0 Å². The summed E-state index contributed by atoms with van der Waals surface area (Å²) in [4.78, 5) is 0. The Balaban J connectivity index is 2.26. The van der Waals surface area contributed by atoms with Gasteiger partial charge in [-0.15, -0.1) is 0 Å². The molecule has 0 bridgehead atoms. The number of benzene rings is 2. The monoisotopic (exact) mass is 286 g/mol. The molecule has 4 heteroatoms. The topological polar surface area (TPSA) is 36.9 Å². The van der Waals surface area contributed by atoms with Crippen LogP contribution in [0.2, 0.25) is 0 Å². The lowest BCUT2D eigenvalue weighted by Gasteiger charge is -2.13. The highest BCUT2D eigenvalue weighted by molar-refractivity contribution is 5.80. The Labute approximate surface area is 124 Å². The maximum Gasteiger partial charge on any atom is 0.230 e. The van der Waals surface area contributed by atoms with Gasteiger partial charge < -0.3 is 18.9 Å². The van der Waals surface area contributed by atoms with Gasteiger partial charge in [-0.25, -0.2) is 0 Å². The number of methoxy groups -OCH3 is 2. The van der Waals surface area contributed by atoms with Crippen molar-refractivity contribution in [3.8, 4) is 34.1 Å². The number of rotatable bonds is 2. The van der Waals surface area contributed by atoms with Gasteiger partial charge in [0.05, 0.1) is 14.2 Å². The van der Waals surface area contributed by atoms with Crippen LogP contribution in [-0.2, 0) is 0 Å². The molecule has 0 aliphatic carbocycles. The summed E-state index contributed by atoms with van der Waals surface area (Å²) in [6.07, 6.45) is 0. The first-order chi connectivity index (χ1) is 10.1. The van der Waals surface area contributed by atoms with Crippen LogP contribution in [-0.4, -0.2) is 21.0 Å². The Bertz CT molecular complexity index is 632. The number of aryl methyl sites for hydroxylation is 2. The molecule has 1 aliphatic rings. The average molecular weight is 286 g/mol. The van der Waals surface area contributed by atoms with E-state index in [-0.39, 0.29) is 6.79 Å². The first-order valence-electron chi connectivity index (χ1n) is 6.77. The minimum atomic E-state index is 0.192. The Morgan fingerprint density at radius 3 is 1.57 bits per heavy atom. The summed E-state index contributed by atoms with van der Waals surface area (Å²) in [5, 5.41) is 0. The zero-order chi connectivity index (χ0) is 15.0. The maximum atomic E-state index is 5.71. The lowest BCUT2D eigenvalue weighted by atomic mass is 9.99. The summed E-state index contributed by atoms with van der Waals surface area (Å²) >= 11 is 0. The van der Waals surface area contributed by atoms with Gasteiger partial charge in [-0.3, -0.25) is 0 Å². The molecule has 2 aromatic carbocycles. The van der Waals surface area contributed by atoms with Crippen molar-refractivity contribution in [1.29, 1.82) is 0 Å². The van der Waals surface area contributed by atoms with E-state index in [1.165, 1.54) is 0 Å². The summed E-state index contributed by atoms with van der Waals surface area (Å²) in [6, 6.07) is 7.90. The molecule has 110 valence electrons. The predicted octanol–water partition coefficient (Wildman–Crippen LogP) is 3.72. The van der Waals surface area contributed by atoms with Gasteiger partial charge in [-0.05, 0) is 49.2 Å². The number of hydrogen-bond acceptors (Lipinski definition) is 4. The highest BCUT2D eigenvalue weighted by atomic mass is 16.7. The fourth-order valence-corrected chi connectivity index (χ4v) is 2.58. The van der Waals surface area contributed by atoms with Crippen LogP contribution in [0.25, 0.3) is 11.1 Å². The fraction of sp³-hybridized carbons (Fsp3) is 0.294. The third kappa shape index (κ3) is 2.27. The van der Waals surface area contributed by atoms with Gasteiger partial charge in [-0.1, -0.05) is 0 Å². The van der Waals surface area contributed by atoms with Crippen LogP contribution in [0, 0.1) is 13.8 Å². The predicted molar refractivity (Wildman–Crippen MR) is 80.6 cm³/mol. The molecular weight excluding hydrogens is 268 g/mol. The van der Waals surface area contributed by atoms with E-state index in [9.17, 15) is 0 Å². The molecule has 0 spiro atoms. The van der Waals surface area contributed by atoms with E-state index in [0.717, 1.165) is 45.3 Å². The zero-order valence-electron chi connectivity index (χ0n) is 12.6. The van der Waals surface area contributed by atoms with Gasteiger partial charge in [0, 0.05) is 11.1 Å². The van der Waals surface area contributed by atoms with Gasteiger partial charge in [-0.2, -0.15) is 0 Å². The van der Waals surface area contributed by atoms with E-state index in [1.54, 1.807) is 14.2 Å². The smallest absolute Gasteiger partial charge is 0.230 e. The van der Waals surface area contributed by atoms with Crippen molar-refractivity contribution in [2.75, 3.05) is 21.0 Å². The number of ether oxygens (including phenoxy) is 4.